The molecule has 2 heterocycles. The number of halogens is 3. The minimum Gasteiger partial charge on any atom is -0.305 e. The summed E-state index contributed by atoms with van der Waals surface area (Å²) < 4.78 is 39.7. The molecule has 0 aliphatic rings. The third-order valence-electron chi connectivity index (χ3n) is 3.72. The van der Waals surface area contributed by atoms with Crippen molar-refractivity contribution in [3.8, 4) is 10.6 Å². The van der Waals surface area contributed by atoms with E-state index < -0.39 is 11.7 Å². The second kappa shape index (κ2) is 6.97. The number of alkyl halides is 3. The molecule has 3 aromatic rings. The Morgan fingerprint density at radius 2 is 1.88 bits per heavy atom. The number of aromatic nitrogens is 3. The highest BCUT2D eigenvalue weighted by Gasteiger charge is 2.30. The number of nitrogens with zero attached hydrogens (tertiary/aromatic N) is 3. The summed E-state index contributed by atoms with van der Waals surface area (Å²) in [5.74, 6) is 0. The van der Waals surface area contributed by atoms with Crippen LogP contribution < -0.4 is 5.32 Å². The fraction of sp³-hybridized carbons (Fsp3) is 0.294. The van der Waals surface area contributed by atoms with E-state index in [4.69, 9.17) is 0 Å². The number of rotatable bonds is 5. The Labute approximate surface area is 147 Å². The van der Waals surface area contributed by atoms with Crippen molar-refractivity contribution in [1.29, 1.82) is 0 Å². The Morgan fingerprint density at radius 3 is 2.48 bits per heavy atom. The highest BCUT2D eigenvalue weighted by molar-refractivity contribution is 7.13. The maximum absolute atomic E-state index is 12.6. The molecule has 0 aliphatic heterocycles. The fourth-order valence-corrected chi connectivity index (χ4v) is 3.30. The van der Waals surface area contributed by atoms with Gasteiger partial charge in [0.05, 0.1) is 22.6 Å². The fourth-order valence-electron chi connectivity index (χ4n) is 2.47. The maximum Gasteiger partial charge on any atom is 0.416 e. The van der Waals surface area contributed by atoms with Crippen molar-refractivity contribution in [2.75, 3.05) is 0 Å². The summed E-state index contributed by atoms with van der Waals surface area (Å²) in [5, 5.41) is 10.2. The molecule has 3 rings (SSSR count). The molecule has 8 heteroatoms. The zero-order valence-electron chi connectivity index (χ0n) is 13.8. The van der Waals surface area contributed by atoms with Crippen LogP contribution in [0.1, 0.15) is 22.6 Å². The van der Waals surface area contributed by atoms with E-state index in [1.165, 1.54) is 23.5 Å². The monoisotopic (exact) mass is 366 g/mol. The quantitative estimate of drug-likeness (QED) is 0.737. The Morgan fingerprint density at radius 1 is 1.16 bits per heavy atom. The van der Waals surface area contributed by atoms with Gasteiger partial charge in [0.15, 0.2) is 0 Å². The number of aryl methyl sites for hydroxylation is 2. The lowest BCUT2D eigenvalue weighted by atomic mass is 10.1. The molecule has 0 saturated heterocycles. The van der Waals surface area contributed by atoms with Crippen LogP contribution in [0.5, 0.6) is 0 Å². The molecule has 0 unspecified atom stereocenters. The Balaban J connectivity index is 1.61. The predicted octanol–water partition coefficient (Wildman–Crippen LogP) is 4.16. The molecule has 4 nitrogen and oxygen atoms in total. The van der Waals surface area contributed by atoms with Gasteiger partial charge < -0.3 is 5.32 Å². The Bertz CT molecular complexity index is 850. The van der Waals surface area contributed by atoms with Gasteiger partial charge in [0.2, 0.25) is 0 Å². The lowest BCUT2D eigenvalue weighted by Crippen LogP contribution is -2.15. The van der Waals surface area contributed by atoms with Crippen molar-refractivity contribution in [2.24, 2.45) is 7.05 Å². The van der Waals surface area contributed by atoms with Gasteiger partial charge >= 0.3 is 6.18 Å². The first-order valence-electron chi connectivity index (χ1n) is 7.65. The van der Waals surface area contributed by atoms with Gasteiger partial charge in [-0.3, -0.25) is 4.68 Å². The highest BCUT2D eigenvalue weighted by Crippen LogP contribution is 2.31. The zero-order chi connectivity index (χ0) is 18.0. The average Bonchev–Trinajstić information content (AvgIpc) is 3.14. The number of hydrogen-bond acceptors (Lipinski definition) is 4. The SMILES string of the molecule is Cc1cc(CNCc2csc(-c3ccc(C(F)(F)F)cc3)n2)n(C)n1. The molecule has 0 saturated carbocycles. The van der Waals surface area contributed by atoms with E-state index in [1.54, 1.807) is 0 Å². The van der Waals surface area contributed by atoms with Crippen LogP contribution in [0.3, 0.4) is 0 Å². The maximum atomic E-state index is 12.6. The summed E-state index contributed by atoms with van der Waals surface area (Å²) in [4.78, 5) is 4.48. The van der Waals surface area contributed by atoms with E-state index in [1.807, 2.05) is 30.1 Å². The number of nitrogens with one attached hydrogen (secondary N) is 1. The van der Waals surface area contributed by atoms with Gasteiger partial charge in [-0.25, -0.2) is 4.98 Å². The molecular formula is C17H17F3N4S. The third-order valence-corrected chi connectivity index (χ3v) is 4.66. The minimum atomic E-state index is -4.32. The van der Waals surface area contributed by atoms with Crippen LogP contribution >= 0.6 is 11.3 Å². The van der Waals surface area contributed by atoms with Crippen LogP contribution in [-0.2, 0) is 26.3 Å². The first-order chi connectivity index (χ1) is 11.8. The third kappa shape index (κ3) is 4.26. The van der Waals surface area contributed by atoms with Crippen LogP contribution in [0.25, 0.3) is 10.6 Å². The van der Waals surface area contributed by atoms with Crippen LogP contribution in [0, 0.1) is 6.92 Å². The largest absolute Gasteiger partial charge is 0.416 e. The van der Waals surface area contributed by atoms with E-state index in [-0.39, 0.29) is 0 Å². The lowest BCUT2D eigenvalue weighted by molar-refractivity contribution is -0.137. The molecule has 132 valence electrons. The number of benzene rings is 1. The van der Waals surface area contributed by atoms with Crippen molar-refractivity contribution in [2.45, 2.75) is 26.2 Å². The molecule has 1 aromatic carbocycles. The molecule has 0 atom stereocenters. The summed E-state index contributed by atoms with van der Waals surface area (Å²) in [6.07, 6.45) is -4.32. The van der Waals surface area contributed by atoms with Gasteiger partial charge in [0, 0.05) is 31.1 Å². The molecule has 0 aliphatic carbocycles. The molecule has 2 aromatic heterocycles. The first-order valence-corrected chi connectivity index (χ1v) is 8.53. The number of hydrogen-bond donors (Lipinski definition) is 1. The second-order valence-electron chi connectivity index (χ2n) is 5.72. The standard InChI is InChI=1S/C17H17F3N4S/c1-11-7-15(24(2)23-11)9-21-8-14-10-25-16(22-14)12-3-5-13(6-4-12)17(18,19)20/h3-7,10,21H,8-9H2,1-2H3. The molecule has 1 N–H and O–H groups in total. The molecule has 0 fully saturated rings. The van der Waals surface area contributed by atoms with Crippen molar-refractivity contribution < 1.29 is 13.2 Å². The molecule has 0 radical (unpaired) electrons. The van der Waals surface area contributed by atoms with Gasteiger partial charge in [0.1, 0.15) is 5.01 Å². The summed E-state index contributed by atoms with van der Waals surface area (Å²) in [7, 11) is 1.90. The predicted molar refractivity (Wildman–Crippen MR) is 91.0 cm³/mol. The summed E-state index contributed by atoms with van der Waals surface area (Å²) in [5.41, 5.74) is 2.94. The van der Waals surface area contributed by atoms with Gasteiger partial charge in [-0.1, -0.05) is 12.1 Å². The molecule has 0 bridgehead atoms. The topological polar surface area (TPSA) is 42.7 Å². The van der Waals surface area contributed by atoms with Crippen LogP contribution in [0.15, 0.2) is 35.7 Å². The van der Waals surface area contributed by atoms with Gasteiger partial charge in [-0.2, -0.15) is 18.3 Å². The normalized spacial score (nSPS) is 11.9. The number of thiazole rings is 1. The zero-order valence-corrected chi connectivity index (χ0v) is 14.6. The summed E-state index contributed by atoms with van der Waals surface area (Å²) in [6, 6.07) is 7.09. The Hall–Kier alpha value is -2.19. The van der Waals surface area contributed by atoms with Crippen LogP contribution in [0.2, 0.25) is 0 Å². The minimum absolute atomic E-state index is 0.585. The molecular weight excluding hydrogens is 349 g/mol. The summed E-state index contributed by atoms with van der Waals surface area (Å²) >= 11 is 1.42. The smallest absolute Gasteiger partial charge is 0.305 e. The Kier molecular flexibility index (Phi) is 4.91. The van der Waals surface area contributed by atoms with Crippen molar-refractivity contribution in [1.82, 2.24) is 20.1 Å². The van der Waals surface area contributed by atoms with Crippen molar-refractivity contribution in [3.63, 3.8) is 0 Å². The van der Waals surface area contributed by atoms with E-state index in [2.05, 4.69) is 15.4 Å². The van der Waals surface area contributed by atoms with E-state index >= 15 is 0 Å². The average molecular weight is 366 g/mol. The van der Waals surface area contributed by atoms with Crippen LogP contribution in [-0.4, -0.2) is 14.8 Å². The van der Waals surface area contributed by atoms with Crippen molar-refractivity contribution in [3.05, 3.63) is 58.4 Å². The lowest BCUT2D eigenvalue weighted by Gasteiger charge is -2.06. The van der Waals surface area contributed by atoms with Crippen molar-refractivity contribution >= 4 is 11.3 Å². The molecule has 0 spiro atoms. The van der Waals surface area contributed by atoms with Gasteiger partial charge in [-0.05, 0) is 25.1 Å². The van der Waals surface area contributed by atoms with Gasteiger partial charge in [-0.15, -0.1) is 11.3 Å². The highest BCUT2D eigenvalue weighted by atomic mass is 32.1. The van der Waals surface area contributed by atoms with Crippen LogP contribution in [0.4, 0.5) is 13.2 Å². The van der Waals surface area contributed by atoms with E-state index in [0.717, 1.165) is 29.2 Å². The summed E-state index contributed by atoms with van der Waals surface area (Å²) in [6.45, 7) is 3.20. The van der Waals surface area contributed by atoms with Gasteiger partial charge in [0.25, 0.3) is 0 Å². The van der Waals surface area contributed by atoms with E-state index in [0.29, 0.717) is 23.7 Å². The molecule has 0 amide bonds. The first kappa shape index (κ1) is 17.6. The van der Waals surface area contributed by atoms with E-state index in [9.17, 15) is 13.2 Å². The second-order valence-corrected chi connectivity index (χ2v) is 6.58. The molecule has 25 heavy (non-hydrogen) atoms.